The van der Waals surface area contributed by atoms with Gasteiger partial charge >= 0.3 is 0 Å². The lowest BCUT2D eigenvalue weighted by molar-refractivity contribution is 0.378. The Balaban J connectivity index is 2.04. The Morgan fingerprint density at radius 2 is 2.12 bits per heavy atom. The second-order valence-electron chi connectivity index (χ2n) is 4.75. The van der Waals surface area contributed by atoms with Crippen molar-refractivity contribution in [2.75, 3.05) is 5.33 Å². The van der Waals surface area contributed by atoms with Gasteiger partial charge in [-0.3, -0.25) is 0 Å². The number of rotatable bonds is 5. The number of nitrogens with one attached hydrogen (secondary N) is 1. The number of nitrogens with zero attached hydrogens (tertiary/aromatic N) is 1. The molecule has 0 amide bonds. The van der Waals surface area contributed by atoms with Gasteiger partial charge in [-0.2, -0.15) is 0 Å². The molecule has 0 saturated carbocycles. The Kier molecular flexibility index (Phi) is 4.17. The molecular weight excluding hydrogens is 296 g/mol. The molecule has 1 heterocycles. The maximum Gasteiger partial charge on any atom is 0.108 e. The van der Waals surface area contributed by atoms with E-state index in [2.05, 4.69) is 58.3 Å². The highest BCUT2D eigenvalue weighted by Crippen LogP contribution is 2.22. The lowest BCUT2D eigenvalue weighted by Gasteiger charge is -2.24. The predicted molar refractivity (Wildman–Crippen MR) is 78.9 cm³/mol. The zero-order valence-corrected chi connectivity index (χ0v) is 12.6. The number of halogens is 1. The van der Waals surface area contributed by atoms with Crippen molar-refractivity contribution in [1.82, 2.24) is 10.3 Å². The minimum Gasteiger partial charge on any atom is -0.305 e. The van der Waals surface area contributed by atoms with Gasteiger partial charge in [-0.25, -0.2) is 4.98 Å². The van der Waals surface area contributed by atoms with Crippen LogP contribution < -0.4 is 5.32 Å². The molecule has 1 aromatic heterocycles. The first-order valence-electron chi connectivity index (χ1n) is 5.76. The van der Waals surface area contributed by atoms with Crippen LogP contribution in [0.25, 0.3) is 10.2 Å². The predicted octanol–water partition coefficient (Wildman–Crippen LogP) is 3.95. The van der Waals surface area contributed by atoms with Gasteiger partial charge in [-0.05, 0) is 32.4 Å². The SMILES string of the molecule is CC(C)(CCBr)NCc1nc2ccccc2s1. The number of hydrogen-bond donors (Lipinski definition) is 1. The Morgan fingerprint density at radius 1 is 1.35 bits per heavy atom. The Morgan fingerprint density at radius 3 is 2.82 bits per heavy atom. The summed E-state index contributed by atoms with van der Waals surface area (Å²) in [6, 6.07) is 8.29. The van der Waals surface area contributed by atoms with Crippen LogP contribution in [-0.2, 0) is 6.54 Å². The van der Waals surface area contributed by atoms with E-state index in [1.807, 2.05) is 6.07 Å². The van der Waals surface area contributed by atoms with Crippen LogP contribution in [0.2, 0.25) is 0 Å². The van der Waals surface area contributed by atoms with E-state index < -0.39 is 0 Å². The first-order valence-corrected chi connectivity index (χ1v) is 7.70. The maximum atomic E-state index is 4.62. The van der Waals surface area contributed by atoms with Crippen molar-refractivity contribution >= 4 is 37.5 Å². The van der Waals surface area contributed by atoms with Crippen molar-refractivity contribution in [3.05, 3.63) is 29.3 Å². The highest BCUT2D eigenvalue weighted by atomic mass is 79.9. The lowest BCUT2D eigenvalue weighted by atomic mass is 10.0. The number of thiazole rings is 1. The van der Waals surface area contributed by atoms with Crippen LogP contribution in [0.5, 0.6) is 0 Å². The average Bonchev–Trinajstić information content (AvgIpc) is 2.69. The Bertz CT molecular complexity index is 460. The fourth-order valence-electron chi connectivity index (χ4n) is 1.64. The van der Waals surface area contributed by atoms with Gasteiger partial charge < -0.3 is 5.32 Å². The van der Waals surface area contributed by atoms with Gasteiger partial charge in [-0.1, -0.05) is 28.1 Å². The van der Waals surface area contributed by atoms with E-state index in [1.165, 1.54) is 4.70 Å². The molecule has 92 valence electrons. The molecule has 0 unspecified atom stereocenters. The van der Waals surface area contributed by atoms with Gasteiger partial charge in [0.2, 0.25) is 0 Å². The molecule has 0 aliphatic heterocycles. The highest BCUT2D eigenvalue weighted by Gasteiger charge is 2.16. The molecule has 1 N–H and O–H groups in total. The summed E-state index contributed by atoms with van der Waals surface area (Å²) in [5.41, 5.74) is 1.26. The van der Waals surface area contributed by atoms with Crippen LogP contribution in [0.3, 0.4) is 0 Å². The molecule has 2 rings (SSSR count). The summed E-state index contributed by atoms with van der Waals surface area (Å²) >= 11 is 5.26. The molecule has 4 heteroatoms. The zero-order chi connectivity index (χ0) is 12.3. The zero-order valence-electron chi connectivity index (χ0n) is 10.2. The monoisotopic (exact) mass is 312 g/mol. The third-order valence-corrected chi connectivity index (χ3v) is 4.21. The van der Waals surface area contributed by atoms with Crippen LogP contribution in [0, 0.1) is 0 Å². The quantitative estimate of drug-likeness (QED) is 0.846. The molecule has 1 aromatic carbocycles. The van der Waals surface area contributed by atoms with Gasteiger partial charge in [0.25, 0.3) is 0 Å². The van der Waals surface area contributed by atoms with Crippen LogP contribution in [0.1, 0.15) is 25.3 Å². The Hall–Kier alpha value is -0.450. The summed E-state index contributed by atoms with van der Waals surface area (Å²) in [6.45, 7) is 5.29. The molecule has 0 atom stereocenters. The van der Waals surface area contributed by atoms with E-state index in [-0.39, 0.29) is 5.54 Å². The molecule has 0 fully saturated rings. The van der Waals surface area contributed by atoms with E-state index in [0.717, 1.165) is 28.8 Å². The number of benzene rings is 1. The molecule has 0 radical (unpaired) electrons. The fourth-order valence-corrected chi connectivity index (χ4v) is 3.53. The second-order valence-corrected chi connectivity index (χ2v) is 6.66. The number of aromatic nitrogens is 1. The first kappa shape index (κ1) is 13.0. The molecule has 0 saturated heterocycles. The molecule has 0 aliphatic rings. The standard InChI is InChI=1S/C13H17BrN2S/c1-13(2,7-8-14)15-9-12-16-10-5-3-4-6-11(10)17-12/h3-6,15H,7-9H2,1-2H3. The highest BCUT2D eigenvalue weighted by molar-refractivity contribution is 9.09. The third-order valence-electron chi connectivity index (χ3n) is 2.78. The number of fused-ring (bicyclic) bond motifs is 1. The van der Waals surface area contributed by atoms with Crippen molar-refractivity contribution in [3.8, 4) is 0 Å². The summed E-state index contributed by atoms with van der Waals surface area (Å²) in [7, 11) is 0. The molecule has 2 nitrogen and oxygen atoms in total. The van der Waals surface area contributed by atoms with Crippen molar-refractivity contribution in [2.45, 2.75) is 32.4 Å². The average molecular weight is 313 g/mol. The van der Waals surface area contributed by atoms with Crippen molar-refractivity contribution in [1.29, 1.82) is 0 Å². The normalized spacial score (nSPS) is 12.2. The lowest BCUT2D eigenvalue weighted by Crippen LogP contribution is -2.38. The molecule has 0 bridgehead atoms. The number of hydrogen-bond acceptors (Lipinski definition) is 3. The molecule has 0 aliphatic carbocycles. The Labute approximate surface area is 115 Å². The maximum absolute atomic E-state index is 4.62. The van der Waals surface area contributed by atoms with Crippen molar-refractivity contribution in [3.63, 3.8) is 0 Å². The van der Waals surface area contributed by atoms with Crippen LogP contribution in [0.15, 0.2) is 24.3 Å². The summed E-state index contributed by atoms with van der Waals surface area (Å²) in [5.74, 6) is 0. The van der Waals surface area contributed by atoms with Gasteiger partial charge in [0.05, 0.1) is 10.2 Å². The van der Waals surface area contributed by atoms with E-state index >= 15 is 0 Å². The van der Waals surface area contributed by atoms with E-state index in [9.17, 15) is 0 Å². The fraction of sp³-hybridized carbons (Fsp3) is 0.462. The first-order chi connectivity index (χ1) is 8.11. The van der Waals surface area contributed by atoms with E-state index in [1.54, 1.807) is 11.3 Å². The summed E-state index contributed by atoms with van der Waals surface area (Å²) < 4.78 is 1.27. The van der Waals surface area contributed by atoms with Gasteiger partial charge in [0.1, 0.15) is 5.01 Å². The van der Waals surface area contributed by atoms with Gasteiger partial charge in [-0.15, -0.1) is 11.3 Å². The van der Waals surface area contributed by atoms with Crippen molar-refractivity contribution in [2.24, 2.45) is 0 Å². The topological polar surface area (TPSA) is 24.9 Å². The summed E-state index contributed by atoms with van der Waals surface area (Å²) in [5, 5.41) is 5.74. The molecule has 0 spiro atoms. The van der Waals surface area contributed by atoms with Crippen LogP contribution >= 0.6 is 27.3 Å². The molecule has 17 heavy (non-hydrogen) atoms. The van der Waals surface area contributed by atoms with E-state index in [4.69, 9.17) is 0 Å². The van der Waals surface area contributed by atoms with Crippen molar-refractivity contribution < 1.29 is 0 Å². The second kappa shape index (κ2) is 5.46. The largest absolute Gasteiger partial charge is 0.305 e. The smallest absolute Gasteiger partial charge is 0.108 e. The third kappa shape index (κ3) is 3.50. The summed E-state index contributed by atoms with van der Waals surface area (Å²) in [4.78, 5) is 4.62. The number of alkyl halides is 1. The molecular formula is C13H17BrN2S. The minimum atomic E-state index is 0.154. The number of para-hydroxylation sites is 1. The van der Waals surface area contributed by atoms with Crippen LogP contribution in [0.4, 0.5) is 0 Å². The van der Waals surface area contributed by atoms with Crippen LogP contribution in [-0.4, -0.2) is 15.9 Å². The van der Waals surface area contributed by atoms with Gasteiger partial charge in [0, 0.05) is 17.4 Å². The minimum absolute atomic E-state index is 0.154. The molecule has 2 aromatic rings. The van der Waals surface area contributed by atoms with E-state index in [0.29, 0.717) is 0 Å². The summed E-state index contributed by atoms with van der Waals surface area (Å²) in [6.07, 6.45) is 1.11. The van der Waals surface area contributed by atoms with Gasteiger partial charge in [0.15, 0.2) is 0 Å².